The van der Waals surface area contributed by atoms with Crippen LogP contribution in [0.4, 0.5) is 23.2 Å². The molecule has 11 heteroatoms. The maximum atomic E-state index is 13.4. The largest absolute Gasteiger partial charge is 0.619 e. The highest BCUT2D eigenvalue weighted by molar-refractivity contribution is 6.05. The number of ether oxygens (including phenoxy) is 2. The van der Waals surface area contributed by atoms with Crippen LogP contribution in [0.25, 0.3) is 0 Å². The third-order valence-electron chi connectivity index (χ3n) is 3.79. The van der Waals surface area contributed by atoms with Crippen molar-refractivity contribution in [2.75, 3.05) is 12.4 Å². The van der Waals surface area contributed by atoms with E-state index < -0.39 is 34.9 Å². The topological polar surface area (TPSA) is 87.4 Å². The van der Waals surface area contributed by atoms with E-state index in [1.807, 2.05) is 0 Å². The van der Waals surface area contributed by atoms with Crippen LogP contribution in [0.5, 0.6) is 17.4 Å². The second-order valence-electron chi connectivity index (χ2n) is 5.88. The second-order valence-corrected chi connectivity index (χ2v) is 5.88. The van der Waals surface area contributed by atoms with Gasteiger partial charge in [-0.1, -0.05) is 0 Å². The fraction of sp³-hybridized carbons (Fsp3) is 0.105. The minimum Gasteiger partial charge on any atom is -0.619 e. The van der Waals surface area contributed by atoms with Crippen LogP contribution in [0.1, 0.15) is 15.9 Å². The van der Waals surface area contributed by atoms with Gasteiger partial charge < -0.3 is 20.0 Å². The quantitative estimate of drug-likeness (QED) is 0.382. The number of benzene rings is 1. The van der Waals surface area contributed by atoms with Crippen molar-refractivity contribution in [1.82, 2.24) is 4.98 Å². The molecule has 0 radical (unpaired) electrons. The Morgan fingerprint density at radius 3 is 2.63 bits per heavy atom. The lowest BCUT2D eigenvalue weighted by Crippen LogP contribution is -2.25. The number of carbonyl (C=O) groups excluding carboxylic acids is 1. The van der Waals surface area contributed by atoms with Crippen LogP contribution in [-0.4, -0.2) is 18.0 Å². The number of nitrogens with one attached hydrogen (secondary N) is 1. The molecule has 0 unspecified atom stereocenters. The van der Waals surface area contributed by atoms with Crippen LogP contribution in [0, 0.1) is 11.0 Å². The van der Waals surface area contributed by atoms with Gasteiger partial charge in [0.05, 0.1) is 12.7 Å². The first-order valence-electron chi connectivity index (χ1n) is 8.26. The number of rotatable bonds is 5. The molecule has 30 heavy (non-hydrogen) atoms. The maximum absolute atomic E-state index is 13.4. The third kappa shape index (κ3) is 4.74. The Hall–Kier alpha value is -3.89. The summed E-state index contributed by atoms with van der Waals surface area (Å²) < 4.78 is 63.5. The van der Waals surface area contributed by atoms with Gasteiger partial charge in [-0.15, -0.1) is 0 Å². The molecule has 3 aromatic rings. The lowest BCUT2D eigenvalue weighted by molar-refractivity contribution is -0.604. The van der Waals surface area contributed by atoms with E-state index in [0.29, 0.717) is 17.0 Å². The van der Waals surface area contributed by atoms with Crippen molar-refractivity contribution in [2.24, 2.45) is 0 Å². The lowest BCUT2D eigenvalue weighted by Gasteiger charge is -2.14. The number of anilines is 1. The number of nitrogens with zero attached hydrogens (tertiary/aromatic N) is 2. The number of aromatic nitrogens is 2. The minimum atomic E-state index is -4.76. The predicted molar refractivity (Wildman–Crippen MR) is 95.6 cm³/mol. The summed E-state index contributed by atoms with van der Waals surface area (Å²) in [6.07, 6.45) is -2.09. The molecule has 156 valence electrons. The van der Waals surface area contributed by atoms with E-state index in [1.165, 1.54) is 25.3 Å². The molecule has 0 aliphatic carbocycles. The molecule has 1 amide bonds. The molecule has 0 saturated heterocycles. The highest BCUT2D eigenvalue weighted by Gasteiger charge is 2.33. The van der Waals surface area contributed by atoms with Gasteiger partial charge in [-0.25, -0.2) is 9.37 Å². The van der Waals surface area contributed by atoms with Crippen LogP contribution in [0.15, 0.2) is 55.0 Å². The second kappa shape index (κ2) is 8.23. The standard InChI is InChI=1S/C19H13F4N3O4/c1-29-16-8-12(20)4-5-15(16)30-18-14(7-11(9-24-18)19(21,22)23)17(27)25-13-3-2-6-26(28)10-13/h2-10H,1H3,(H,25,27). The predicted octanol–water partition coefficient (Wildman–Crippen LogP) is 3.93. The van der Waals surface area contributed by atoms with Gasteiger partial charge >= 0.3 is 6.18 Å². The van der Waals surface area contributed by atoms with E-state index in [0.717, 1.165) is 24.5 Å². The molecule has 2 heterocycles. The average molecular weight is 423 g/mol. The molecule has 0 saturated carbocycles. The van der Waals surface area contributed by atoms with Crippen LogP contribution in [0.3, 0.4) is 0 Å². The van der Waals surface area contributed by atoms with Crippen molar-refractivity contribution in [1.29, 1.82) is 0 Å². The van der Waals surface area contributed by atoms with Crippen molar-refractivity contribution in [2.45, 2.75) is 6.18 Å². The molecule has 0 atom stereocenters. The molecule has 1 N–H and O–H groups in total. The SMILES string of the molecule is COc1cc(F)ccc1Oc1ncc(C(F)(F)F)cc1C(=O)Nc1ccc[n+]([O-])c1. The van der Waals surface area contributed by atoms with Gasteiger partial charge in [-0.3, -0.25) is 4.79 Å². The number of pyridine rings is 2. The first kappa shape index (κ1) is 20.8. The smallest absolute Gasteiger partial charge is 0.417 e. The van der Waals surface area contributed by atoms with E-state index in [4.69, 9.17) is 9.47 Å². The first-order valence-corrected chi connectivity index (χ1v) is 8.26. The van der Waals surface area contributed by atoms with Gasteiger partial charge in [0.1, 0.15) is 17.1 Å². The van der Waals surface area contributed by atoms with Gasteiger partial charge in [-0.2, -0.15) is 17.9 Å². The highest BCUT2D eigenvalue weighted by Crippen LogP contribution is 2.35. The van der Waals surface area contributed by atoms with Crippen molar-refractivity contribution >= 4 is 11.6 Å². The lowest BCUT2D eigenvalue weighted by atomic mass is 10.1. The van der Waals surface area contributed by atoms with Crippen molar-refractivity contribution in [3.05, 3.63) is 77.1 Å². The fourth-order valence-electron chi connectivity index (χ4n) is 2.41. The summed E-state index contributed by atoms with van der Waals surface area (Å²) in [5.74, 6) is -2.24. The summed E-state index contributed by atoms with van der Waals surface area (Å²) in [6.45, 7) is 0. The van der Waals surface area contributed by atoms with Crippen molar-refractivity contribution in [3.8, 4) is 17.4 Å². The van der Waals surface area contributed by atoms with Gasteiger partial charge in [0.2, 0.25) is 12.1 Å². The number of hydrogen-bond acceptors (Lipinski definition) is 5. The molecule has 0 spiro atoms. The van der Waals surface area contributed by atoms with Crippen molar-refractivity contribution < 1.29 is 36.6 Å². The van der Waals surface area contributed by atoms with E-state index in [-0.39, 0.29) is 17.2 Å². The fourth-order valence-corrected chi connectivity index (χ4v) is 2.41. The zero-order valence-corrected chi connectivity index (χ0v) is 15.2. The average Bonchev–Trinajstić information content (AvgIpc) is 2.68. The van der Waals surface area contributed by atoms with Crippen LogP contribution in [0.2, 0.25) is 0 Å². The third-order valence-corrected chi connectivity index (χ3v) is 3.79. The number of methoxy groups -OCH3 is 1. The zero-order chi connectivity index (χ0) is 21.9. The molecule has 0 aliphatic heterocycles. The van der Waals surface area contributed by atoms with E-state index in [2.05, 4.69) is 10.3 Å². The van der Waals surface area contributed by atoms with Gasteiger partial charge in [0.15, 0.2) is 17.7 Å². The molecule has 0 fully saturated rings. The van der Waals surface area contributed by atoms with E-state index in [9.17, 15) is 27.6 Å². The molecular weight excluding hydrogens is 410 g/mol. The summed E-state index contributed by atoms with van der Waals surface area (Å²) in [5, 5.41) is 13.6. The van der Waals surface area contributed by atoms with Crippen LogP contribution >= 0.6 is 0 Å². The van der Waals surface area contributed by atoms with Crippen molar-refractivity contribution in [3.63, 3.8) is 0 Å². The molecule has 3 rings (SSSR count). The van der Waals surface area contributed by atoms with Crippen LogP contribution in [-0.2, 0) is 6.18 Å². The Labute approximate surface area is 167 Å². The van der Waals surface area contributed by atoms with Crippen LogP contribution < -0.4 is 19.5 Å². The summed E-state index contributed by atoms with van der Waals surface area (Å²) >= 11 is 0. The van der Waals surface area contributed by atoms with E-state index >= 15 is 0 Å². The number of carbonyl (C=O) groups is 1. The Morgan fingerprint density at radius 1 is 1.20 bits per heavy atom. The molecule has 7 nitrogen and oxygen atoms in total. The minimum absolute atomic E-state index is 0.0419. The van der Waals surface area contributed by atoms with E-state index in [1.54, 1.807) is 0 Å². The summed E-state index contributed by atoms with van der Waals surface area (Å²) in [6, 6.07) is 6.48. The van der Waals surface area contributed by atoms with Gasteiger partial charge in [0, 0.05) is 18.3 Å². The molecule has 0 bridgehead atoms. The summed E-state index contributed by atoms with van der Waals surface area (Å²) in [5.41, 5.74) is -1.70. The summed E-state index contributed by atoms with van der Waals surface area (Å²) in [4.78, 5) is 16.2. The maximum Gasteiger partial charge on any atom is 0.417 e. The molecular formula is C19H13F4N3O4. The van der Waals surface area contributed by atoms with Gasteiger partial charge in [-0.05, 0) is 24.3 Å². The number of hydrogen-bond donors (Lipinski definition) is 1. The molecule has 1 aromatic carbocycles. The number of halogens is 4. The Bertz CT molecular complexity index is 1090. The van der Waals surface area contributed by atoms with Gasteiger partial charge in [0.25, 0.3) is 5.91 Å². The molecule has 2 aromatic heterocycles. The number of alkyl halides is 3. The monoisotopic (exact) mass is 423 g/mol. The Balaban J connectivity index is 2.01. The zero-order valence-electron chi connectivity index (χ0n) is 15.2. The Morgan fingerprint density at radius 2 is 1.97 bits per heavy atom. The normalized spacial score (nSPS) is 11.1. The Kier molecular flexibility index (Phi) is 5.72. The summed E-state index contributed by atoms with van der Waals surface area (Å²) in [7, 11) is 1.24. The number of amides is 1. The highest BCUT2D eigenvalue weighted by atomic mass is 19.4. The first-order chi connectivity index (χ1) is 14.2. The molecule has 0 aliphatic rings.